The van der Waals surface area contributed by atoms with E-state index in [4.69, 9.17) is 9.84 Å². The molecule has 0 saturated heterocycles. The number of carbonyl (C=O) groups excluding carboxylic acids is 1. The minimum Gasteiger partial charge on any atom is -0.483 e. The Labute approximate surface area is 124 Å². The van der Waals surface area contributed by atoms with Crippen molar-refractivity contribution in [1.29, 1.82) is 0 Å². The first-order valence-corrected chi connectivity index (χ1v) is 6.80. The molecule has 0 bridgehead atoms. The van der Waals surface area contributed by atoms with Gasteiger partial charge >= 0.3 is 5.97 Å². The molecule has 0 saturated carbocycles. The number of para-hydroxylation sites is 1. The number of carboxylic acids is 1. The van der Waals surface area contributed by atoms with Gasteiger partial charge in [-0.05, 0) is 24.5 Å². The van der Waals surface area contributed by atoms with Crippen LogP contribution in [-0.2, 0) is 9.59 Å². The molecule has 0 heterocycles. The van der Waals surface area contributed by atoms with Gasteiger partial charge in [0.05, 0.1) is 0 Å². The van der Waals surface area contributed by atoms with Crippen molar-refractivity contribution in [3.63, 3.8) is 0 Å². The number of benzene rings is 1. The Balaban J connectivity index is 2.73. The van der Waals surface area contributed by atoms with Crippen LogP contribution in [0.25, 0.3) is 6.08 Å². The van der Waals surface area contributed by atoms with E-state index in [1.807, 2.05) is 32.9 Å². The molecule has 1 aromatic rings. The van der Waals surface area contributed by atoms with E-state index in [1.165, 1.54) is 6.08 Å². The second-order valence-electron chi connectivity index (χ2n) is 5.15. The first-order valence-electron chi connectivity index (χ1n) is 6.80. The zero-order chi connectivity index (χ0) is 15.8. The topological polar surface area (TPSA) is 75.6 Å². The second-order valence-corrected chi connectivity index (χ2v) is 5.15. The highest BCUT2D eigenvalue weighted by atomic mass is 16.5. The predicted molar refractivity (Wildman–Crippen MR) is 81.2 cm³/mol. The highest BCUT2D eigenvalue weighted by molar-refractivity contribution is 5.86. The second kappa shape index (κ2) is 8.09. The summed E-state index contributed by atoms with van der Waals surface area (Å²) in [6.45, 7) is 6.38. The molecule has 5 nitrogen and oxygen atoms in total. The van der Waals surface area contributed by atoms with Gasteiger partial charge in [-0.25, -0.2) is 4.79 Å². The van der Waals surface area contributed by atoms with Crippen molar-refractivity contribution >= 4 is 18.0 Å². The van der Waals surface area contributed by atoms with Crippen molar-refractivity contribution in [3.05, 3.63) is 35.4 Å². The number of rotatable bonds is 7. The smallest absolute Gasteiger partial charge is 0.328 e. The Bertz CT molecular complexity index is 535. The Kier molecular flexibility index (Phi) is 6.46. The van der Waals surface area contributed by atoms with Crippen LogP contribution in [0.15, 0.2) is 24.3 Å². The molecule has 0 aliphatic heterocycles. The number of carboxylic acid groups (broad SMARTS) is 1. The molecule has 2 N–H and O–H groups in total. The van der Waals surface area contributed by atoms with Crippen molar-refractivity contribution in [2.24, 2.45) is 5.92 Å². The molecule has 0 spiro atoms. The van der Waals surface area contributed by atoms with Crippen LogP contribution in [0.4, 0.5) is 0 Å². The lowest BCUT2D eigenvalue weighted by Crippen LogP contribution is -2.31. The molecular formula is C16H21NO4. The summed E-state index contributed by atoms with van der Waals surface area (Å²) in [6, 6.07) is 5.40. The van der Waals surface area contributed by atoms with Crippen LogP contribution >= 0.6 is 0 Å². The zero-order valence-corrected chi connectivity index (χ0v) is 12.6. The summed E-state index contributed by atoms with van der Waals surface area (Å²) in [7, 11) is 0. The van der Waals surface area contributed by atoms with E-state index in [0.29, 0.717) is 23.8 Å². The first kappa shape index (κ1) is 16.8. The van der Waals surface area contributed by atoms with Crippen molar-refractivity contribution in [3.8, 4) is 5.75 Å². The molecule has 1 amide bonds. The fourth-order valence-corrected chi connectivity index (χ4v) is 1.67. The third kappa shape index (κ3) is 6.12. The van der Waals surface area contributed by atoms with Crippen LogP contribution in [-0.4, -0.2) is 30.1 Å². The highest BCUT2D eigenvalue weighted by Gasteiger charge is 2.08. The molecule has 1 aromatic carbocycles. The van der Waals surface area contributed by atoms with Gasteiger partial charge in [-0.15, -0.1) is 0 Å². The molecule has 0 radical (unpaired) electrons. The maximum absolute atomic E-state index is 11.7. The van der Waals surface area contributed by atoms with Gasteiger partial charge in [-0.2, -0.15) is 0 Å². The third-order valence-electron chi connectivity index (χ3n) is 2.70. The summed E-state index contributed by atoms with van der Waals surface area (Å²) in [5.74, 6) is -0.326. The summed E-state index contributed by atoms with van der Waals surface area (Å²) in [5.41, 5.74) is 1.48. The van der Waals surface area contributed by atoms with E-state index in [0.717, 1.165) is 11.6 Å². The van der Waals surface area contributed by atoms with Gasteiger partial charge in [0.2, 0.25) is 0 Å². The van der Waals surface area contributed by atoms with Gasteiger partial charge in [0, 0.05) is 18.2 Å². The Hall–Kier alpha value is -2.30. The number of ether oxygens (including phenoxy) is 1. The van der Waals surface area contributed by atoms with Crippen LogP contribution in [0.2, 0.25) is 0 Å². The summed E-state index contributed by atoms with van der Waals surface area (Å²) < 4.78 is 5.54. The first-order chi connectivity index (χ1) is 9.90. The number of carbonyl (C=O) groups is 2. The summed E-state index contributed by atoms with van der Waals surface area (Å²) >= 11 is 0. The van der Waals surface area contributed by atoms with E-state index in [2.05, 4.69) is 5.32 Å². The van der Waals surface area contributed by atoms with Gasteiger partial charge in [0.15, 0.2) is 6.61 Å². The molecule has 5 heteroatoms. The van der Waals surface area contributed by atoms with E-state index < -0.39 is 5.97 Å². The zero-order valence-electron chi connectivity index (χ0n) is 12.6. The summed E-state index contributed by atoms with van der Waals surface area (Å²) in [6.07, 6.45) is 2.50. The fraction of sp³-hybridized carbons (Fsp3) is 0.375. The molecule has 21 heavy (non-hydrogen) atoms. The average molecular weight is 291 g/mol. The van der Waals surface area contributed by atoms with Gasteiger partial charge in [0.25, 0.3) is 5.91 Å². The van der Waals surface area contributed by atoms with E-state index in [1.54, 1.807) is 6.07 Å². The van der Waals surface area contributed by atoms with E-state index >= 15 is 0 Å². The minimum absolute atomic E-state index is 0.0918. The van der Waals surface area contributed by atoms with Crippen molar-refractivity contribution in [2.75, 3.05) is 13.2 Å². The molecule has 0 fully saturated rings. The van der Waals surface area contributed by atoms with Gasteiger partial charge in [-0.1, -0.05) is 32.0 Å². The van der Waals surface area contributed by atoms with E-state index in [9.17, 15) is 9.59 Å². The SMILES string of the molecule is Cc1cccc(/C=C/C(=O)O)c1OCC(=O)NCC(C)C. The molecule has 0 atom stereocenters. The van der Waals surface area contributed by atoms with Crippen LogP contribution in [0.3, 0.4) is 0 Å². The summed E-state index contributed by atoms with van der Waals surface area (Å²) in [5, 5.41) is 11.4. The number of aliphatic carboxylic acids is 1. The maximum Gasteiger partial charge on any atom is 0.328 e. The summed E-state index contributed by atoms with van der Waals surface area (Å²) in [4.78, 5) is 22.3. The normalized spacial score (nSPS) is 10.9. The maximum atomic E-state index is 11.7. The van der Waals surface area contributed by atoms with Crippen LogP contribution < -0.4 is 10.1 Å². The number of aryl methyl sites for hydroxylation is 1. The lowest BCUT2D eigenvalue weighted by Gasteiger charge is -2.13. The lowest BCUT2D eigenvalue weighted by atomic mass is 10.1. The van der Waals surface area contributed by atoms with Crippen molar-refractivity contribution in [1.82, 2.24) is 5.32 Å². The molecule has 1 rings (SSSR count). The number of nitrogens with one attached hydrogen (secondary N) is 1. The average Bonchev–Trinajstić information content (AvgIpc) is 2.41. The Morgan fingerprint density at radius 2 is 2.10 bits per heavy atom. The quantitative estimate of drug-likeness (QED) is 0.755. The van der Waals surface area contributed by atoms with Crippen molar-refractivity contribution < 1.29 is 19.4 Å². The van der Waals surface area contributed by atoms with E-state index in [-0.39, 0.29) is 12.5 Å². The van der Waals surface area contributed by atoms with Gasteiger partial charge in [0.1, 0.15) is 5.75 Å². The van der Waals surface area contributed by atoms with Crippen LogP contribution in [0, 0.1) is 12.8 Å². The molecule has 0 unspecified atom stereocenters. The molecule has 0 aliphatic carbocycles. The van der Waals surface area contributed by atoms with Crippen molar-refractivity contribution in [2.45, 2.75) is 20.8 Å². The number of amides is 1. The fourth-order valence-electron chi connectivity index (χ4n) is 1.67. The highest BCUT2D eigenvalue weighted by Crippen LogP contribution is 2.24. The van der Waals surface area contributed by atoms with Crippen LogP contribution in [0.5, 0.6) is 5.75 Å². The molecule has 0 aliphatic rings. The van der Waals surface area contributed by atoms with Gasteiger partial charge < -0.3 is 15.2 Å². The van der Waals surface area contributed by atoms with Crippen LogP contribution in [0.1, 0.15) is 25.0 Å². The third-order valence-corrected chi connectivity index (χ3v) is 2.70. The Morgan fingerprint density at radius 1 is 1.38 bits per heavy atom. The molecule has 114 valence electrons. The number of hydrogen-bond donors (Lipinski definition) is 2. The monoisotopic (exact) mass is 291 g/mol. The largest absolute Gasteiger partial charge is 0.483 e. The predicted octanol–water partition coefficient (Wildman–Crippen LogP) is 2.24. The molecular weight excluding hydrogens is 270 g/mol. The Morgan fingerprint density at radius 3 is 2.71 bits per heavy atom. The standard InChI is InChI=1S/C16H21NO4/c1-11(2)9-17-14(18)10-21-16-12(3)5-4-6-13(16)7-8-15(19)20/h4-8,11H,9-10H2,1-3H3,(H,17,18)(H,19,20)/b8-7+. The minimum atomic E-state index is -1.03. The van der Waals surface area contributed by atoms with Gasteiger partial charge in [-0.3, -0.25) is 4.79 Å². The lowest BCUT2D eigenvalue weighted by molar-refractivity contribution is -0.131. The number of hydrogen-bond acceptors (Lipinski definition) is 3. The molecule has 0 aromatic heterocycles.